The van der Waals surface area contributed by atoms with E-state index in [2.05, 4.69) is 10.4 Å². The van der Waals surface area contributed by atoms with Gasteiger partial charge in [0.25, 0.3) is 5.91 Å². The van der Waals surface area contributed by atoms with Crippen molar-refractivity contribution < 1.29 is 9.53 Å². The predicted octanol–water partition coefficient (Wildman–Crippen LogP) is 4.64. The number of benzene rings is 2. The molecule has 3 rings (SSSR count). The molecule has 2 aromatic carbocycles. The van der Waals surface area contributed by atoms with Crippen molar-refractivity contribution in [3.63, 3.8) is 0 Å². The standard InChI is InChI=1S/C21H22ClN3O2/c1-13-10-11-18(27-4)17(12-13)14(2)23-21(26)19-15(3)24-25(20(19)22)16-8-6-5-7-9-16/h5-12,14H,1-4H3,(H,23,26). The first-order chi connectivity index (χ1) is 12.9. The van der Waals surface area contributed by atoms with Crippen LogP contribution in [-0.4, -0.2) is 22.8 Å². The van der Waals surface area contributed by atoms with Gasteiger partial charge in [-0.05, 0) is 39.0 Å². The molecule has 0 saturated carbocycles. The molecule has 0 saturated heterocycles. The molecule has 1 unspecified atom stereocenters. The van der Waals surface area contributed by atoms with E-state index in [0.29, 0.717) is 16.4 Å². The van der Waals surface area contributed by atoms with Gasteiger partial charge in [0.2, 0.25) is 0 Å². The Labute approximate surface area is 163 Å². The molecule has 1 N–H and O–H groups in total. The number of halogens is 1. The molecule has 0 radical (unpaired) electrons. The summed E-state index contributed by atoms with van der Waals surface area (Å²) in [5.41, 5.74) is 3.76. The number of aromatic nitrogens is 2. The lowest BCUT2D eigenvalue weighted by atomic mass is 10.0. The number of nitrogens with zero attached hydrogens (tertiary/aromatic N) is 2. The summed E-state index contributed by atoms with van der Waals surface area (Å²) in [7, 11) is 1.62. The maximum atomic E-state index is 12.9. The molecular weight excluding hydrogens is 362 g/mol. The molecule has 1 amide bonds. The van der Waals surface area contributed by atoms with Crippen LogP contribution < -0.4 is 10.1 Å². The third-order valence-corrected chi connectivity index (χ3v) is 4.78. The maximum Gasteiger partial charge on any atom is 0.256 e. The highest BCUT2D eigenvalue weighted by molar-refractivity contribution is 6.33. The number of carbonyl (C=O) groups is 1. The SMILES string of the molecule is COc1ccc(C)cc1C(C)NC(=O)c1c(C)nn(-c2ccccc2)c1Cl. The van der Waals surface area contributed by atoms with Crippen LogP contribution in [0.1, 0.15) is 40.1 Å². The van der Waals surface area contributed by atoms with Crippen molar-refractivity contribution in [1.82, 2.24) is 15.1 Å². The van der Waals surface area contributed by atoms with Gasteiger partial charge >= 0.3 is 0 Å². The first kappa shape index (κ1) is 19.0. The van der Waals surface area contributed by atoms with E-state index >= 15 is 0 Å². The molecule has 1 atom stereocenters. The molecule has 1 aromatic heterocycles. The Morgan fingerprint density at radius 2 is 1.89 bits per heavy atom. The number of hydrogen-bond donors (Lipinski definition) is 1. The summed E-state index contributed by atoms with van der Waals surface area (Å²) in [5.74, 6) is 0.465. The summed E-state index contributed by atoms with van der Waals surface area (Å²) in [6.45, 7) is 5.70. The molecule has 5 nitrogen and oxygen atoms in total. The molecule has 140 valence electrons. The molecule has 27 heavy (non-hydrogen) atoms. The van der Waals surface area contributed by atoms with Crippen molar-refractivity contribution in [1.29, 1.82) is 0 Å². The fourth-order valence-electron chi connectivity index (χ4n) is 3.04. The molecule has 0 aliphatic carbocycles. The van der Waals surface area contributed by atoms with Gasteiger partial charge in [-0.3, -0.25) is 4.79 Å². The van der Waals surface area contributed by atoms with E-state index in [1.807, 2.05) is 62.4 Å². The molecule has 0 fully saturated rings. The third kappa shape index (κ3) is 3.83. The average molecular weight is 384 g/mol. The quantitative estimate of drug-likeness (QED) is 0.698. The molecule has 0 aliphatic rings. The minimum Gasteiger partial charge on any atom is -0.496 e. The maximum absolute atomic E-state index is 12.9. The minimum atomic E-state index is -0.268. The molecule has 0 spiro atoms. The largest absolute Gasteiger partial charge is 0.496 e. The number of methoxy groups -OCH3 is 1. The number of carbonyl (C=O) groups excluding carboxylic acids is 1. The van der Waals surface area contributed by atoms with Gasteiger partial charge in [0.15, 0.2) is 0 Å². The van der Waals surface area contributed by atoms with Crippen LogP contribution in [0.25, 0.3) is 5.69 Å². The van der Waals surface area contributed by atoms with Gasteiger partial charge in [0.1, 0.15) is 10.9 Å². The van der Waals surface area contributed by atoms with E-state index in [9.17, 15) is 4.79 Å². The second kappa shape index (κ2) is 7.84. The normalized spacial score (nSPS) is 11.9. The second-order valence-electron chi connectivity index (χ2n) is 6.44. The van der Waals surface area contributed by atoms with Crippen molar-refractivity contribution in [2.75, 3.05) is 7.11 Å². The molecule has 0 aliphatic heterocycles. The van der Waals surface area contributed by atoms with Crippen LogP contribution in [0, 0.1) is 13.8 Å². The number of hydrogen-bond acceptors (Lipinski definition) is 3. The zero-order chi connectivity index (χ0) is 19.6. The smallest absolute Gasteiger partial charge is 0.256 e. The highest BCUT2D eigenvalue weighted by atomic mass is 35.5. The second-order valence-corrected chi connectivity index (χ2v) is 6.80. The van der Waals surface area contributed by atoms with E-state index in [0.717, 1.165) is 22.6 Å². The van der Waals surface area contributed by atoms with E-state index in [-0.39, 0.29) is 11.9 Å². The summed E-state index contributed by atoms with van der Waals surface area (Å²) in [6.07, 6.45) is 0. The lowest BCUT2D eigenvalue weighted by Crippen LogP contribution is -2.27. The van der Waals surface area contributed by atoms with Crippen LogP contribution in [0.5, 0.6) is 5.75 Å². The van der Waals surface area contributed by atoms with Gasteiger partial charge < -0.3 is 10.1 Å². The van der Waals surface area contributed by atoms with Crippen LogP contribution in [0.15, 0.2) is 48.5 Å². The number of aryl methyl sites for hydroxylation is 2. The highest BCUT2D eigenvalue weighted by Crippen LogP contribution is 2.28. The molecule has 6 heteroatoms. The van der Waals surface area contributed by atoms with Gasteiger partial charge in [0.05, 0.1) is 30.1 Å². The Balaban J connectivity index is 1.89. The molecular formula is C21H22ClN3O2. The van der Waals surface area contributed by atoms with E-state index in [1.165, 1.54) is 0 Å². The van der Waals surface area contributed by atoms with Crippen molar-refractivity contribution in [2.45, 2.75) is 26.8 Å². The van der Waals surface area contributed by atoms with Gasteiger partial charge in [-0.25, -0.2) is 4.68 Å². The fraction of sp³-hybridized carbons (Fsp3) is 0.238. The Kier molecular flexibility index (Phi) is 5.51. The van der Waals surface area contributed by atoms with Crippen LogP contribution in [0.2, 0.25) is 5.15 Å². The van der Waals surface area contributed by atoms with Crippen LogP contribution in [-0.2, 0) is 0 Å². The fourth-order valence-corrected chi connectivity index (χ4v) is 3.39. The van der Waals surface area contributed by atoms with Gasteiger partial charge in [0, 0.05) is 5.56 Å². The Bertz CT molecular complexity index is 967. The van der Waals surface area contributed by atoms with Crippen molar-refractivity contribution >= 4 is 17.5 Å². The Morgan fingerprint density at radius 3 is 2.56 bits per heavy atom. The van der Waals surface area contributed by atoms with E-state index < -0.39 is 0 Å². The Hall–Kier alpha value is -2.79. The van der Waals surface area contributed by atoms with Gasteiger partial charge in [-0.2, -0.15) is 5.10 Å². The van der Waals surface area contributed by atoms with Gasteiger partial charge in [-0.15, -0.1) is 0 Å². The minimum absolute atomic E-state index is 0.247. The molecule has 1 heterocycles. The van der Waals surface area contributed by atoms with Gasteiger partial charge in [-0.1, -0.05) is 47.5 Å². The first-order valence-electron chi connectivity index (χ1n) is 8.68. The van der Waals surface area contributed by atoms with Crippen molar-refractivity contribution in [3.05, 3.63) is 76.1 Å². The zero-order valence-electron chi connectivity index (χ0n) is 15.8. The predicted molar refractivity (Wildman–Crippen MR) is 107 cm³/mol. The monoisotopic (exact) mass is 383 g/mol. The lowest BCUT2D eigenvalue weighted by molar-refractivity contribution is 0.0939. The number of ether oxygens (including phenoxy) is 1. The summed E-state index contributed by atoms with van der Waals surface area (Å²) in [5, 5.41) is 7.72. The van der Waals surface area contributed by atoms with Crippen LogP contribution in [0.4, 0.5) is 0 Å². The first-order valence-corrected chi connectivity index (χ1v) is 9.06. The summed E-state index contributed by atoms with van der Waals surface area (Å²) in [4.78, 5) is 12.9. The molecule has 3 aromatic rings. The van der Waals surface area contributed by atoms with Crippen molar-refractivity contribution in [3.8, 4) is 11.4 Å². The summed E-state index contributed by atoms with van der Waals surface area (Å²) >= 11 is 6.49. The summed E-state index contributed by atoms with van der Waals surface area (Å²) in [6, 6.07) is 15.1. The Morgan fingerprint density at radius 1 is 1.19 bits per heavy atom. The average Bonchev–Trinajstić information content (AvgIpc) is 2.96. The summed E-state index contributed by atoms with van der Waals surface area (Å²) < 4.78 is 7.00. The van der Waals surface area contributed by atoms with Crippen LogP contribution in [0.3, 0.4) is 0 Å². The van der Waals surface area contributed by atoms with Crippen molar-refractivity contribution in [2.24, 2.45) is 0 Å². The lowest BCUT2D eigenvalue weighted by Gasteiger charge is -2.18. The number of rotatable bonds is 5. The third-order valence-electron chi connectivity index (χ3n) is 4.43. The van der Waals surface area contributed by atoms with Crippen LogP contribution >= 0.6 is 11.6 Å². The van der Waals surface area contributed by atoms with E-state index in [1.54, 1.807) is 18.7 Å². The zero-order valence-corrected chi connectivity index (χ0v) is 16.5. The number of amides is 1. The topological polar surface area (TPSA) is 56.1 Å². The number of nitrogens with one attached hydrogen (secondary N) is 1. The molecule has 0 bridgehead atoms. The number of para-hydroxylation sites is 1. The highest BCUT2D eigenvalue weighted by Gasteiger charge is 2.23. The van der Waals surface area contributed by atoms with E-state index in [4.69, 9.17) is 16.3 Å².